The highest BCUT2D eigenvalue weighted by atomic mass is 16.1. The summed E-state index contributed by atoms with van der Waals surface area (Å²) >= 11 is 0. The van der Waals surface area contributed by atoms with E-state index in [4.69, 9.17) is 0 Å². The van der Waals surface area contributed by atoms with Crippen molar-refractivity contribution in [2.75, 3.05) is 0 Å². The van der Waals surface area contributed by atoms with Crippen molar-refractivity contribution in [3.8, 4) is 0 Å². The maximum atomic E-state index is 10.8. The van der Waals surface area contributed by atoms with Gasteiger partial charge in [-0.15, -0.1) is 0 Å². The van der Waals surface area contributed by atoms with E-state index in [-0.39, 0.29) is 0 Å². The van der Waals surface area contributed by atoms with Crippen LogP contribution in [0.1, 0.15) is 10.4 Å². The molecule has 1 aromatic carbocycles. The number of aldehydes is 1. The number of nitrogens with one attached hydrogen (secondary N) is 1. The summed E-state index contributed by atoms with van der Waals surface area (Å²) in [4.78, 5) is 17.9. The molecule has 1 N–H and O–H groups in total. The van der Waals surface area contributed by atoms with Gasteiger partial charge in [-0.1, -0.05) is 0 Å². The van der Waals surface area contributed by atoms with Gasteiger partial charge in [0.05, 0.1) is 0 Å². The van der Waals surface area contributed by atoms with Crippen LogP contribution in [-0.2, 0) is 0 Å². The predicted molar refractivity (Wildman–Crippen MR) is 59.0 cm³/mol. The molecule has 0 aliphatic heterocycles. The molecule has 0 saturated heterocycles. The van der Waals surface area contributed by atoms with Crippen LogP contribution in [0.2, 0.25) is 0 Å². The highest BCUT2D eigenvalue weighted by molar-refractivity contribution is 6.04. The van der Waals surface area contributed by atoms with Crippen LogP contribution in [0, 0.1) is 0 Å². The van der Waals surface area contributed by atoms with Crippen LogP contribution in [0.25, 0.3) is 21.7 Å². The van der Waals surface area contributed by atoms with Crippen LogP contribution in [0.4, 0.5) is 0 Å². The summed E-state index contributed by atoms with van der Waals surface area (Å²) in [6, 6.07) is 5.95. The lowest BCUT2D eigenvalue weighted by Crippen LogP contribution is -1.78. The first-order chi connectivity index (χ1) is 7.38. The fourth-order valence-corrected chi connectivity index (χ4v) is 1.82. The van der Waals surface area contributed by atoms with Gasteiger partial charge in [-0.05, 0) is 23.6 Å². The van der Waals surface area contributed by atoms with E-state index in [1.165, 1.54) is 0 Å². The summed E-state index contributed by atoms with van der Waals surface area (Å²) in [7, 11) is 0. The summed E-state index contributed by atoms with van der Waals surface area (Å²) in [5, 5.41) is 3.13. The Balaban J connectivity index is 2.50. The molecule has 0 fully saturated rings. The number of H-pyrrole nitrogens is 1. The smallest absolute Gasteiger partial charge is 0.152 e. The van der Waals surface area contributed by atoms with Crippen LogP contribution >= 0.6 is 0 Å². The standard InChI is InChI=1S/C12H8N2O/c15-7-10-6-14-12-4-9-5-13-2-1-8(9)3-11(10)12/h1-7,14H. The van der Waals surface area contributed by atoms with Crippen molar-refractivity contribution in [3.05, 3.63) is 42.4 Å². The molecule has 0 bridgehead atoms. The minimum atomic E-state index is 0.698. The molecule has 0 spiro atoms. The minimum Gasteiger partial charge on any atom is -0.360 e. The molecule has 15 heavy (non-hydrogen) atoms. The Morgan fingerprint density at radius 3 is 3.07 bits per heavy atom. The molecular formula is C12H8N2O. The lowest BCUT2D eigenvalue weighted by molar-refractivity contribution is 0.112. The van der Waals surface area contributed by atoms with Crippen LogP contribution in [0.3, 0.4) is 0 Å². The number of aromatic amines is 1. The van der Waals surface area contributed by atoms with Crippen molar-refractivity contribution in [2.24, 2.45) is 0 Å². The zero-order valence-corrected chi connectivity index (χ0v) is 7.90. The first kappa shape index (κ1) is 8.17. The Labute approximate surface area is 85.8 Å². The van der Waals surface area contributed by atoms with Crippen molar-refractivity contribution in [3.63, 3.8) is 0 Å². The number of hydrogen-bond acceptors (Lipinski definition) is 2. The van der Waals surface area contributed by atoms with Gasteiger partial charge in [0.1, 0.15) is 0 Å². The lowest BCUT2D eigenvalue weighted by Gasteiger charge is -1.97. The van der Waals surface area contributed by atoms with Crippen LogP contribution in [0.15, 0.2) is 36.8 Å². The van der Waals surface area contributed by atoms with E-state index in [0.29, 0.717) is 5.56 Å². The van der Waals surface area contributed by atoms with E-state index in [2.05, 4.69) is 9.97 Å². The molecule has 0 atom stereocenters. The number of benzene rings is 1. The number of rotatable bonds is 1. The van der Waals surface area contributed by atoms with E-state index in [1.807, 2.05) is 24.4 Å². The van der Waals surface area contributed by atoms with Gasteiger partial charge in [-0.3, -0.25) is 9.78 Å². The van der Waals surface area contributed by atoms with Crippen LogP contribution in [-0.4, -0.2) is 16.3 Å². The SMILES string of the molecule is O=Cc1c[nH]c2cc3cnccc3cc12. The van der Waals surface area contributed by atoms with E-state index >= 15 is 0 Å². The zero-order chi connectivity index (χ0) is 10.3. The summed E-state index contributed by atoms with van der Waals surface area (Å²) in [5.74, 6) is 0. The number of nitrogens with zero attached hydrogens (tertiary/aromatic N) is 1. The Hall–Kier alpha value is -2.16. The average Bonchev–Trinajstić information content (AvgIpc) is 2.68. The first-order valence-corrected chi connectivity index (χ1v) is 4.68. The van der Waals surface area contributed by atoms with Crippen molar-refractivity contribution in [2.45, 2.75) is 0 Å². The third-order valence-electron chi connectivity index (χ3n) is 2.60. The highest BCUT2D eigenvalue weighted by Gasteiger charge is 2.03. The summed E-state index contributed by atoms with van der Waals surface area (Å²) in [6.45, 7) is 0. The van der Waals surface area contributed by atoms with E-state index in [9.17, 15) is 4.79 Å². The molecule has 0 saturated carbocycles. The molecule has 3 nitrogen and oxygen atoms in total. The molecule has 0 aliphatic rings. The Morgan fingerprint density at radius 2 is 2.20 bits per heavy atom. The van der Waals surface area contributed by atoms with Gasteiger partial charge in [0.25, 0.3) is 0 Å². The third kappa shape index (κ3) is 1.13. The number of fused-ring (bicyclic) bond motifs is 2. The topological polar surface area (TPSA) is 45.8 Å². The summed E-state index contributed by atoms with van der Waals surface area (Å²) < 4.78 is 0. The molecule has 0 unspecified atom stereocenters. The Kier molecular flexibility index (Phi) is 1.59. The molecule has 2 heterocycles. The molecule has 2 aromatic heterocycles. The molecule has 0 radical (unpaired) electrons. The molecular weight excluding hydrogens is 188 g/mol. The molecule has 3 aromatic rings. The highest BCUT2D eigenvalue weighted by Crippen LogP contribution is 2.23. The Morgan fingerprint density at radius 1 is 1.27 bits per heavy atom. The molecule has 0 amide bonds. The second-order valence-corrected chi connectivity index (χ2v) is 3.48. The van der Waals surface area contributed by atoms with E-state index < -0.39 is 0 Å². The van der Waals surface area contributed by atoms with Crippen molar-refractivity contribution >= 4 is 28.0 Å². The van der Waals surface area contributed by atoms with E-state index in [0.717, 1.165) is 28.0 Å². The number of pyridine rings is 1. The summed E-state index contributed by atoms with van der Waals surface area (Å²) in [6.07, 6.45) is 6.16. The fourth-order valence-electron chi connectivity index (χ4n) is 1.82. The second kappa shape index (κ2) is 2.92. The third-order valence-corrected chi connectivity index (χ3v) is 2.60. The number of carbonyl (C=O) groups excluding carboxylic acids is 1. The van der Waals surface area contributed by atoms with E-state index in [1.54, 1.807) is 12.4 Å². The Bertz CT molecular complexity index is 655. The summed E-state index contributed by atoms with van der Waals surface area (Å²) in [5.41, 5.74) is 1.67. The molecule has 3 rings (SSSR count). The minimum absolute atomic E-state index is 0.698. The maximum Gasteiger partial charge on any atom is 0.152 e. The van der Waals surface area contributed by atoms with Gasteiger partial charge >= 0.3 is 0 Å². The van der Waals surface area contributed by atoms with Crippen LogP contribution in [0.5, 0.6) is 0 Å². The normalized spacial score (nSPS) is 10.9. The number of hydrogen-bond donors (Lipinski definition) is 1. The van der Waals surface area contributed by atoms with Gasteiger partial charge in [0.2, 0.25) is 0 Å². The quantitative estimate of drug-likeness (QED) is 0.608. The maximum absolute atomic E-state index is 10.8. The van der Waals surface area contributed by atoms with Gasteiger partial charge in [0.15, 0.2) is 6.29 Å². The molecule has 3 heteroatoms. The number of carbonyl (C=O) groups is 1. The zero-order valence-electron chi connectivity index (χ0n) is 7.90. The van der Waals surface area contributed by atoms with Gasteiger partial charge in [-0.2, -0.15) is 0 Å². The lowest BCUT2D eigenvalue weighted by atomic mass is 10.1. The fraction of sp³-hybridized carbons (Fsp3) is 0. The van der Waals surface area contributed by atoms with Crippen molar-refractivity contribution < 1.29 is 4.79 Å². The molecule has 72 valence electrons. The first-order valence-electron chi connectivity index (χ1n) is 4.68. The average molecular weight is 196 g/mol. The second-order valence-electron chi connectivity index (χ2n) is 3.48. The van der Waals surface area contributed by atoms with Crippen molar-refractivity contribution in [1.29, 1.82) is 0 Å². The monoisotopic (exact) mass is 196 g/mol. The predicted octanol–water partition coefficient (Wildman–Crippen LogP) is 2.53. The van der Waals surface area contributed by atoms with Gasteiger partial charge in [-0.25, -0.2) is 0 Å². The molecule has 0 aliphatic carbocycles. The van der Waals surface area contributed by atoms with Gasteiger partial charge in [0, 0.05) is 40.4 Å². The number of aromatic nitrogens is 2. The van der Waals surface area contributed by atoms with Crippen LogP contribution < -0.4 is 0 Å². The van der Waals surface area contributed by atoms with Gasteiger partial charge < -0.3 is 4.98 Å². The largest absolute Gasteiger partial charge is 0.360 e. The van der Waals surface area contributed by atoms with Crippen molar-refractivity contribution in [1.82, 2.24) is 9.97 Å².